The number of anilines is 1. The Morgan fingerprint density at radius 3 is 3.00 bits per heavy atom. The van der Waals surface area contributed by atoms with Crippen LogP contribution in [0.1, 0.15) is 0 Å². The van der Waals surface area contributed by atoms with Gasteiger partial charge in [0.25, 0.3) is 0 Å². The zero-order valence-corrected chi connectivity index (χ0v) is 9.12. The zero-order chi connectivity index (χ0) is 10.4. The second kappa shape index (κ2) is 5.57. The van der Waals surface area contributed by atoms with Gasteiger partial charge in [-0.1, -0.05) is 28.1 Å². The van der Waals surface area contributed by atoms with E-state index in [0.29, 0.717) is 6.54 Å². The highest BCUT2D eigenvalue weighted by Gasteiger charge is 1.96. The number of hydrogen-bond donors (Lipinski definition) is 2. The normalized spacial score (nSPS) is 10.4. The third kappa shape index (κ3) is 3.72. The van der Waals surface area contributed by atoms with Crippen LogP contribution in [0.25, 0.3) is 0 Å². The molecule has 0 fully saturated rings. The van der Waals surface area contributed by atoms with E-state index >= 15 is 0 Å². The number of halogens is 1. The summed E-state index contributed by atoms with van der Waals surface area (Å²) < 4.78 is 0.929. The largest absolute Gasteiger partial charge is 0.327 e. The number of nitrogens with two attached hydrogens (primary N) is 1. The minimum Gasteiger partial charge on any atom is -0.327 e. The summed E-state index contributed by atoms with van der Waals surface area (Å²) in [6.07, 6.45) is 3.02. The highest BCUT2D eigenvalue weighted by molar-refractivity contribution is 9.10. The van der Waals surface area contributed by atoms with E-state index in [4.69, 9.17) is 5.73 Å². The lowest BCUT2D eigenvalue weighted by molar-refractivity contribution is -0.111. The van der Waals surface area contributed by atoms with Crippen molar-refractivity contribution in [3.05, 3.63) is 40.9 Å². The van der Waals surface area contributed by atoms with Gasteiger partial charge in [-0.3, -0.25) is 4.79 Å². The van der Waals surface area contributed by atoms with E-state index in [2.05, 4.69) is 21.2 Å². The quantitative estimate of drug-likeness (QED) is 0.810. The highest BCUT2D eigenvalue weighted by atomic mass is 79.9. The molecule has 3 nitrogen and oxygen atoms in total. The highest BCUT2D eigenvalue weighted by Crippen LogP contribution is 2.15. The van der Waals surface area contributed by atoms with Crippen molar-refractivity contribution in [2.75, 3.05) is 11.9 Å². The fourth-order valence-electron chi connectivity index (χ4n) is 0.925. The Bertz CT molecular complexity index is 350. The van der Waals surface area contributed by atoms with Gasteiger partial charge in [0.1, 0.15) is 0 Å². The van der Waals surface area contributed by atoms with E-state index in [1.54, 1.807) is 6.08 Å². The number of carbonyl (C=O) groups excluding carboxylic acids is 1. The fourth-order valence-corrected chi connectivity index (χ4v) is 1.32. The smallest absolute Gasteiger partial charge is 0.248 e. The topological polar surface area (TPSA) is 55.1 Å². The van der Waals surface area contributed by atoms with Gasteiger partial charge in [-0.2, -0.15) is 0 Å². The Morgan fingerprint density at radius 1 is 1.57 bits per heavy atom. The second-order valence-corrected chi connectivity index (χ2v) is 3.55. The van der Waals surface area contributed by atoms with Gasteiger partial charge in [-0.05, 0) is 18.2 Å². The van der Waals surface area contributed by atoms with E-state index in [9.17, 15) is 4.79 Å². The lowest BCUT2D eigenvalue weighted by Crippen LogP contribution is -2.08. The molecule has 1 aromatic rings. The molecule has 0 radical (unpaired) electrons. The Kier molecular flexibility index (Phi) is 4.35. The van der Waals surface area contributed by atoms with E-state index in [-0.39, 0.29) is 5.91 Å². The molecule has 14 heavy (non-hydrogen) atoms. The summed E-state index contributed by atoms with van der Waals surface area (Å²) >= 11 is 3.32. The Morgan fingerprint density at radius 2 is 2.36 bits per heavy atom. The molecule has 0 saturated heterocycles. The molecule has 0 bridgehead atoms. The number of hydrogen-bond acceptors (Lipinski definition) is 2. The minimum atomic E-state index is -0.173. The SMILES string of the molecule is NC/C=C/C(=O)Nc1cccc(Br)c1. The van der Waals surface area contributed by atoms with E-state index < -0.39 is 0 Å². The molecule has 0 aliphatic carbocycles. The molecule has 4 heteroatoms. The van der Waals surface area contributed by atoms with Crippen LogP contribution in [-0.2, 0) is 4.79 Å². The average Bonchev–Trinajstić information content (AvgIpc) is 2.15. The number of amides is 1. The predicted molar refractivity (Wildman–Crippen MR) is 61.0 cm³/mol. The predicted octanol–water partition coefficient (Wildman–Crippen LogP) is 1.90. The molecule has 0 spiro atoms. The Balaban J connectivity index is 2.60. The van der Waals surface area contributed by atoms with Gasteiger partial charge in [0.2, 0.25) is 5.91 Å². The molecule has 74 valence electrons. The van der Waals surface area contributed by atoms with Crippen LogP contribution in [-0.4, -0.2) is 12.5 Å². The molecule has 1 aromatic carbocycles. The van der Waals surface area contributed by atoms with Gasteiger partial charge in [0.15, 0.2) is 0 Å². The first-order valence-corrected chi connectivity index (χ1v) is 4.95. The summed E-state index contributed by atoms with van der Waals surface area (Å²) in [4.78, 5) is 11.2. The minimum absolute atomic E-state index is 0.173. The lowest BCUT2D eigenvalue weighted by atomic mass is 10.3. The van der Waals surface area contributed by atoms with Crippen molar-refractivity contribution in [2.45, 2.75) is 0 Å². The molecule has 0 aromatic heterocycles. The van der Waals surface area contributed by atoms with Crippen LogP contribution in [0.2, 0.25) is 0 Å². The molecule has 0 unspecified atom stereocenters. The van der Waals surface area contributed by atoms with E-state index in [1.165, 1.54) is 6.08 Å². The zero-order valence-electron chi connectivity index (χ0n) is 7.53. The van der Waals surface area contributed by atoms with Gasteiger partial charge in [-0.25, -0.2) is 0 Å². The standard InChI is InChI=1S/C10H11BrN2O/c11-8-3-1-4-9(7-8)13-10(14)5-2-6-12/h1-5,7H,6,12H2,(H,13,14)/b5-2+. The van der Waals surface area contributed by atoms with Crippen molar-refractivity contribution in [3.8, 4) is 0 Å². The molecule has 0 aliphatic rings. The van der Waals surface area contributed by atoms with Crippen molar-refractivity contribution in [2.24, 2.45) is 5.73 Å². The summed E-state index contributed by atoms with van der Waals surface area (Å²) in [6.45, 7) is 0.367. The number of nitrogens with one attached hydrogen (secondary N) is 1. The fraction of sp³-hybridized carbons (Fsp3) is 0.100. The van der Waals surface area contributed by atoms with Crippen molar-refractivity contribution >= 4 is 27.5 Å². The molecule has 0 atom stereocenters. The second-order valence-electron chi connectivity index (χ2n) is 2.64. The van der Waals surface area contributed by atoms with Crippen molar-refractivity contribution in [3.63, 3.8) is 0 Å². The molecule has 0 aliphatic heterocycles. The van der Waals surface area contributed by atoms with Crippen LogP contribution in [0, 0.1) is 0 Å². The maximum absolute atomic E-state index is 11.2. The molecule has 3 N–H and O–H groups in total. The molecular weight excluding hydrogens is 244 g/mol. The summed E-state index contributed by atoms with van der Waals surface area (Å²) in [5, 5.41) is 2.71. The van der Waals surface area contributed by atoms with Crippen LogP contribution < -0.4 is 11.1 Å². The van der Waals surface area contributed by atoms with Gasteiger partial charge in [-0.15, -0.1) is 0 Å². The van der Waals surface area contributed by atoms with Crippen LogP contribution in [0.4, 0.5) is 5.69 Å². The van der Waals surface area contributed by atoms with Crippen molar-refractivity contribution in [1.29, 1.82) is 0 Å². The summed E-state index contributed by atoms with van der Waals surface area (Å²) in [6, 6.07) is 7.39. The Labute approximate surface area is 91.1 Å². The molecule has 1 rings (SSSR count). The van der Waals surface area contributed by atoms with Crippen molar-refractivity contribution < 1.29 is 4.79 Å². The number of carbonyl (C=O) groups is 1. The number of rotatable bonds is 3. The average molecular weight is 255 g/mol. The van der Waals surface area contributed by atoms with Gasteiger partial charge in [0.05, 0.1) is 0 Å². The molecule has 1 amide bonds. The summed E-state index contributed by atoms with van der Waals surface area (Å²) in [5.41, 5.74) is 5.98. The van der Waals surface area contributed by atoms with Crippen LogP contribution in [0.3, 0.4) is 0 Å². The third-order valence-electron chi connectivity index (χ3n) is 1.50. The first-order valence-electron chi connectivity index (χ1n) is 4.15. The third-order valence-corrected chi connectivity index (χ3v) is 1.99. The molecular formula is C10H11BrN2O. The lowest BCUT2D eigenvalue weighted by Gasteiger charge is -2.01. The first-order chi connectivity index (χ1) is 6.72. The van der Waals surface area contributed by atoms with Crippen LogP contribution >= 0.6 is 15.9 Å². The maximum Gasteiger partial charge on any atom is 0.248 e. The molecule has 0 saturated carbocycles. The molecule has 0 heterocycles. The van der Waals surface area contributed by atoms with Gasteiger partial charge >= 0.3 is 0 Å². The first kappa shape index (κ1) is 10.9. The van der Waals surface area contributed by atoms with E-state index in [0.717, 1.165) is 10.2 Å². The number of benzene rings is 1. The Hall–Kier alpha value is -1.13. The maximum atomic E-state index is 11.2. The monoisotopic (exact) mass is 254 g/mol. The van der Waals surface area contributed by atoms with E-state index in [1.807, 2.05) is 24.3 Å². The summed E-state index contributed by atoms with van der Waals surface area (Å²) in [5.74, 6) is -0.173. The van der Waals surface area contributed by atoms with Gasteiger partial charge < -0.3 is 11.1 Å². The van der Waals surface area contributed by atoms with Crippen LogP contribution in [0.15, 0.2) is 40.9 Å². The van der Waals surface area contributed by atoms with Gasteiger partial charge in [0, 0.05) is 22.8 Å². The van der Waals surface area contributed by atoms with Crippen LogP contribution in [0.5, 0.6) is 0 Å². The summed E-state index contributed by atoms with van der Waals surface area (Å²) in [7, 11) is 0. The van der Waals surface area contributed by atoms with Crippen molar-refractivity contribution in [1.82, 2.24) is 0 Å².